The van der Waals surface area contributed by atoms with Crippen molar-refractivity contribution in [2.24, 2.45) is 7.05 Å². The van der Waals surface area contributed by atoms with Crippen LogP contribution >= 0.6 is 0 Å². The number of fused-ring (bicyclic) bond motifs is 1. The number of rotatable bonds is 5. The second-order valence-corrected chi connectivity index (χ2v) is 10.5. The Hall–Kier alpha value is -5.13. The minimum Gasteiger partial charge on any atom is -0.357 e. The van der Waals surface area contributed by atoms with Crippen LogP contribution in [0.5, 0.6) is 0 Å². The first-order valence-electron chi connectivity index (χ1n) is 12.7. The lowest BCUT2D eigenvalue weighted by atomic mass is 9.92. The van der Waals surface area contributed by atoms with Crippen molar-refractivity contribution in [1.82, 2.24) is 24.3 Å². The van der Waals surface area contributed by atoms with Crippen molar-refractivity contribution in [2.45, 2.75) is 26.2 Å². The zero-order chi connectivity index (χ0) is 29.5. The number of hydrogen-bond donors (Lipinski definition) is 3. The molecule has 2 amide bonds. The lowest BCUT2D eigenvalue weighted by Crippen LogP contribution is -2.22. The molecule has 0 unspecified atom stereocenters. The summed E-state index contributed by atoms with van der Waals surface area (Å²) in [5, 5.41) is 13.3. The highest BCUT2D eigenvalue weighted by atomic mass is 19.1. The molecule has 3 aromatic heterocycles. The predicted octanol–water partition coefficient (Wildman–Crippen LogP) is 5.44. The van der Waals surface area contributed by atoms with Gasteiger partial charge in [0.25, 0.3) is 5.56 Å². The average Bonchev–Trinajstić information content (AvgIpc) is 3.36. The van der Waals surface area contributed by atoms with E-state index in [4.69, 9.17) is 0 Å². The van der Waals surface area contributed by atoms with E-state index in [2.05, 4.69) is 31.0 Å². The Morgan fingerprint density at radius 3 is 2.39 bits per heavy atom. The fourth-order valence-corrected chi connectivity index (χ4v) is 4.25. The summed E-state index contributed by atoms with van der Waals surface area (Å²) in [6, 6.07) is 12.3. The van der Waals surface area contributed by atoms with Crippen LogP contribution < -0.4 is 21.5 Å². The Morgan fingerprint density at radius 1 is 0.976 bits per heavy atom. The van der Waals surface area contributed by atoms with E-state index in [1.807, 2.05) is 20.8 Å². The standard InChI is InChI=1S/C29H28F2N8O2/c1-29(2,3)23-14-24(39(37-23)19-9-7-18(30)8-10-19)35-28(41)34-22-13-16(6-11-21(22)31)20-12-17-15-33-27(32-4)36-25(17)38(5)26(20)40/h6-15H,1-5H3,(H,32,33,36)(H2,34,35,41). The van der Waals surface area contributed by atoms with E-state index in [-0.39, 0.29) is 22.2 Å². The number of nitrogens with zero attached hydrogens (tertiary/aromatic N) is 5. The van der Waals surface area contributed by atoms with Crippen molar-refractivity contribution in [3.05, 3.63) is 88.5 Å². The van der Waals surface area contributed by atoms with Gasteiger partial charge in [-0.2, -0.15) is 10.1 Å². The van der Waals surface area contributed by atoms with E-state index >= 15 is 0 Å². The van der Waals surface area contributed by atoms with Crippen LogP contribution in [-0.4, -0.2) is 37.4 Å². The van der Waals surface area contributed by atoms with Crippen molar-refractivity contribution in [1.29, 1.82) is 0 Å². The summed E-state index contributed by atoms with van der Waals surface area (Å²) < 4.78 is 31.2. The van der Waals surface area contributed by atoms with Crippen LogP contribution in [0.15, 0.2) is 65.6 Å². The molecule has 2 aromatic carbocycles. The number of hydrogen-bond acceptors (Lipinski definition) is 6. The van der Waals surface area contributed by atoms with E-state index in [1.165, 1.54) is 51.7 Å². The van der Waals surface area contributed by atoms with E-state index in [0.717, 1.165) is 0 Å². The molecular weight excluding hydrogens is 530 g/mol. The van der Waals surface area contributed by atoms with Gasteiger partial charge in [0.2, 0.25) is 5.95 Å². The zero-order valence-electron chi connectivity index (χ0n) is 23.1. The molecule has 10 nitrogen and oxygen atoms in total. The summed E-state index contributed by atoms with van der Waals surface area (Å²) in [7, 11) is 3.27. The molecule has 0 radical (unpaired) electrons. The van der Waals surface area contributed by atoms with Gasteiger partial charge < -0.3 is 10.6 Å². The maximum absolute atomic E-state index is 14.8. The first-order valence-corrected chi connectivity index (χ1v) is 12.7. The SMILES string of the molecule is CNc1ncc2cc(-c3ccc(F)c(NC(=O)Nc4cc(C(C)(C)C)nn4-c4ccc(F)cc4)c3)c(=O)n(C)c2n1. The molecule has 5 rings (SSSR count). The number of carbonyl (C=O) groups is 1. The fourth-order valence-electron chi connectivity index (χ4n) is 4.25. The number of nitrogens with one attached hydrogen (secondary N) is 3. The summed E-state index contributed by atoms with van der Waals surface area (Å²) in [6.45, 7) is 5.91. The lowest BCUT2D eigenvalue weighted by molar-refractivity contribution is 0.262. The highest BCUT2D eigenvalue weighted by Gasteiger charge is 2.22. The van der Waals surface area contributed by atoms with Crippen LogP contribution in [0.2, 0.25) is 0 Å². The number of carbonyl (C=O) groups excluding carboxylic acids is 1. The van der Waals surface area contributed by atoms with E-state index < -0.39 is 17.7 Å². The van der Waals surface area contributed by atoms with Crippen LogP contribution in [0.1, 0.15) is 26.5 Å². The second-order valence-electron chi connectivity index (χ2n) is 10.5. The quantitative estimate of drug-likeness (QED) is 0.264. The van der Waals surface area contributed by atoms with Gasteiger partial charge in [-0.3, -0.25) is 14.7 Å². The Kier molecular flexibility index (Phi) is 6.99. The summed E-state index contributed by atoms with van der Waals surface area (Å²) in [5.74, 6) is -0.420. The molecule has 41 heavy (non-hydrogen) atoms. The highest BCUT2D eigenvalue weighted by Crippen LogP contribution is 2.28. The molecule has 0 saturated heterocycles. The third-order valence-corrected chi connectivity index (χ3v) is 6.49. The molecule has 0 aliphatic carbocycles. The van der Waals surface area contributed by atoms with Crippen molar-refractivity contribution in [2.75, 3.05) is 23.0 Å². The molecule has 0 saturated carbocycles. The van der Waals surface area contributed by atoms with Crippen LogP contribution in [-0.2, 0) is 12.5 Å². The van der Waals surface area contributed by atoms with Gasteiger partial charge in [-0.05, 0) is 48.0 Å². The van der Waals surface area contributed by atoms with Gasteiger partial charge in [0.1, 0.15) is 23.1 Å². The van der Waals surface area contributed by atoms with Crippen molar-refractivity contribution in [3.8, 4) is 16.8 Å². The van der Waals surface area contributed by atoms with Crippen molar-refractivity contribution < 1.29 is 13.6 Å². The van der Waals surface area contributed by atoms with E-state index in [1.54, 1.807) is 32.4 Å². The molecule has 3 N–H and O–H groups in total. The van der Waals surface area contributed by atoms with Gasteiger partial charge >= 0.3 is 6.03 Å². The topological polar surface area (TPSA) is 119 Å². The normalized spacial score (nSPS) is 11.5. The smallest absolute Gasteiger partial charge is 0.324 e. The zero-order valence-corrected chi connectivity index (χ0v) is 23.1. The number of aryl methyl sites for hydroxylation is 1. The van der Waals surface area contributed by atoms with Crippen LogP contribution in [0.4, 0.5) is 31.0 Å². The minimum absolute atomic E-state index is 0.132. The third-order valence-electron chi connectivity index (χ3n) is 6.49. The Morgan fingerprint density at radius 2 is 1.71 bits per heavy atom. The number of pyridine rings is 1. The van der Waals surface area contributed by atoms with E-state index in [9.17, 15) is 18.4 Å². The van der Waals surface area contributed by atoms with Crippen LogP contribution in [0.25, 0.3) is 27.8 Å². The number of halogens is 2. The average molecular weight is 559 g/mol. The summed E-state index contributed by atoms with van der Waals surface area (Å²) in [6.07, 6.45) is 1.59. The number of amides is 2. The molecular formula is C29H28F2N8O2. The Balaban J connectivity index is 1.46. The fraction of sp³-hybridized carbons (Fsp3) is 0.207. The lowest BCUT2D eigenvalue weighted by Gasteiger charge is -2.14. The molecule has 210 valence electrons. The van der Waals surface area contributed by atoms with Crippen molar-refractivity contribution in [3.63, 3.8) is 0 Å². The number of aromatic nitrogens is 5. The largest absolute Gasteiger partial charge is 0.357 e. The number of benzene rings is 2. The summed E-state index contributed by atoms with van der Waals surface area (Å²) >= 11 is 0. The summed E-state index contributed by atoms with van der Waals surface area (Å²) in [5.41, 5.74) is 1.51. The molecule has 0 atom stereocenters. The van der Waals surface area contributed by atoms with Crippen LogP contribution in [0, 0.1) is 11.6 Å². The van der Waals surface area contributed by atoms with Gasteiger partial charge in [0.05, 0.1) is 17.1 Å². The monoisotopic (exact) mass is 558 g/mol. The second kappa shape index (κ2) is 10.5. The molecule has 3 heterocycles. The van der Waals surface area contributed by atoms with Gasteiger partial charge in [0, 0.05) is 42.7 Å². The molecule has 0 bridgehead atoms. The molecule has 12 heteroatoms. The first-order chi connectivity index (χ1) is 19.4. The molecule has 0 aliphatic heterocycles. The van der Waals surface area contributed by atoms with Gasteiger partial charge in [-0.1, -0.05) is 26.8 Å². The summed E-state index contributed by atoms with van der Waals surface area (Å²) in [4.78, 5) is 34.8. The van der Waals surface area contributed by atoms with Gasteiger partial charge in [0.15, 0.2) is 0 Å². The molecule has 0 aliphatic rings. The predicted molar refractivity (Wildman–Crippen MR) is 155 cm³/mol. The van der Waals surface area contributed by atoms with Gasteiger partial charge in [-0.15, -0.1) is 0 Å². The van der Waals surface area contributed by atoms with Crippen LogP contribution in [0.3, 0.4) is 0 Å². The first kappa shape index (κ1) is 27.4. The van der Waals surface area contributed by atoms with Crippen molar-refractivity contribution >= 4 is 34.5 Å². The maximum Gasteiger partial charge on any atom is 0.324 e. The molecule has 0 spiro atoms. The highest BCUT2D eigenvalue weighted by molar-refractivity contribution is 6.00. The molecule has 5 aromatic rings. The Labute approximate surface area is 234 Å². The van der Waals surface area contributed by atoms with E-state index in [0.29, 0.717) is 39.7 Å². The third kappa shape index (κ3) is 5.49. The van der Waals surface area contributed by atoms with Gasteiger partial charge in [-0.25, -0.2) is 23.2 Å². The minimum atomic E-state index is -0.732. The maximum atomic E-state index is 14.8. The number of urea groups is 1. The number of anilines is 3. The Bertz CT molecular complexity index is 1840. The molecule has 0 fully saturated rings.